The molecule has 0 aliphatic rings. The average Bonchev–Trinajstić information content (AvgIpc) is 2.78. The molecule has 5 nitrogen and oxygen atoms in total. The Kier molecular flexibility index (Phi) is 6.62. The molecule has 0 atom stereocenters. The largest absolute Gasteiger partial charge is 0.325 e. The molecule has 0 unspecified atom stereocenters. The second-order valence-electron chi connectivity index (χ2n) is 6.99. The summed E-state index contributed by atoms with van der Waals surface area (Å²) < 4.78 is 14.8. The van der Waals surface area contributed by atoms with E-state index in [4.69, 9.17) is 0 Å². The third kappa shape index (κ3) is 5.20. The molecule has 8 heteroatoms. The molecule has 0 spiro atoms. The van der Waals surface area contributed by atoms with Crippen LogP contribution in [0.4, 0.5) is 10.1 Å². The van der Waals surface area contributed by atoms with E-state index in [1.54, 1.807) is 30.3 Å². The van der Waals surface area contributed by atoms with E-state index in [2.05, 4.69) is 31.2 Å². The first kappa shape index (κ1) is 22.1. The molecule has 0 radical (unpaired) electrons. The van der Waals surface area contributed by atoms with Crippen LogP contribution in [0.5, 0.6) is 0 Å². The molecule has 4 aromatic rings. The SMILES string of the molecule is CC(=O)c1ccc(NC(=O)CSc2nc(-c3ccc(Br)cc3)nc3ccc(F)cc23)cc1. The number of hydrogen-bond donors (Lipinski definition) is 1. The van der Waals surface area contributed by atoms with Crippen molar-refractivity contribution in [2.24, 2.45) is 0 Å². The Morgan fingerprint density at radius 1 is 1.00 bits per heavy atom. The van der Waals surface area contributed by atoms with Gasteiger partial charge in [-0.3, -0.25) is 9.59 Å². The fraction of sp³-hybridized carbons (Fsp3) is 0.0833. The van der Waals surface area contributed by atoms with Crippen LogP contribution in [0.3, 0.4) is 0 Å². The van der Waals surface area contributed by atoms with Gasteiger partial charge in [-0.1, -0.05) is 39.8 Å². The van der Waals surface area contributed by atoms with Crippen LogP contribution in [-0.4, -0.2) is 27.4 Å². The first-order valence-corrected chi connectivity index (χ1v) is 11.4. The number of hydrogen-bond acceptors (Lipinski definition) is 5. The topological polar surface area (TPSA) is 72.0 Å². The van der Waals surface area contributed by atoms with Gasteiger partial charge in [0.25, 0.3) is 0 Å². The number of halogens is 2. The lowest BCUT2D eigenvalue weighted by Gasteiger charge is -2.10. The minimum atomic E-state index is -0.394. The molecule has 0 aliphatic heterocycles. The van der Waals surface area contributed by atoms with Crippen molar-refractivity contribution in [3.8, 4) is 11.4 Å². The molecule has 0 saturated carbocycles. The maximum atomic E-state index is 13.9. The third-order valence-corrected chi connectivity index (χ3v) is 6.16. The van der Waals surface area contributed by atoms with Gasteiger partial charge in [-0.05, 0) is 61.5 Å². The molecule has 32 heavy (non-hydrogen) atoms. The van der Waals surface area contributed by atoms with Crippen molar-refractivity contribution in [2.75, 3.05) is 11.1 Å². The van der Waals surface area contributed by atoms with Gasteiger partial charge in [0.1, 0.15) is 10.8 Å². The molecule has 4 rings (SSSR count). The number of ketones is 1. The zero-order valence-electron chi connectivity index (χ0n) is 16.9. The number of fused-ring (bicyclic) bond motifs is 1. The minimum absolute atomic E-state index is 0.0390. The first-order valence-electron chi connectivity index (χ1n) is 9.66. The van der Waals surface area contributed by atoms with E-state index in [9.17, 15) is 14.0 Å². The second-order valence-corrected chi connectivity index (χ2v) is 8.87. The number of Topliss-reactive ketones (excluding diaryl/α,β-unsaturated/α-hetero) is 1. The maximum Gasteiger partial charge on any atom is 0.234 e. The molecule has 160 valence electrons. The van der Waals surface area contributed by atoms with Gasteiger partial charge in [-0.2, -0.15) is 0 Å². The van der Waals surface area contributed by atoms with Crippen LogP contribution in [0.1, 0.15) is 17.3 Å². The molecular formula is C24H17BrFN3O2S. The van der Waals surface area contributed by atoms with Crippen molar-refractivity contribution in [3.05, 3.63) is 82.6 Å². The van der Waals surface area contributed by atoms with Crippen LogP contribution in [0.2, 0.25) is 0 Å². The van der Waals surface area contributed by atoms with E-state index in [1.807, 2.05) is 24.3 Å². The van der Waals surface area contributed by atoms with Crippen molar-refractivity contribution < 1.29 is 14.0 Å². The molecule has 0 saturated heterocycles. The van der Waals surface area contributed by atoms with Crippen LogP contribution in [-0.2, 0) is 4.79 Å². The van der Waals surface area contributed by atoms with Crippen molar-refractivity contribution in [3.63, 3.8) is 0 Å². The number of rotatable bonds is 6. The highest BCUT2D eigenvalue weighted by atomic mass is 79.9. The fourth-order valence-corrected chi connectivity index (χ4v) is 4.10. The highest BCUT2D eigenvalue weighted by Crippen LogP contribution is 2.29. The van der Waals surface area contributed by atoms with E-state index >= 15 is 0 Å². The zero-order valence-corrected chi connectivity index (χ0v) is 19.3. The van der Waals surface area contributed by atoms with Crippen LogP contribution < -0.4 is 5.32 Å². The van der Waals surface area contributed by atoms with Gasteiger partial charge < -0.3 is 5.32 Å². The van der Waals surface area contributed by atoms with Crippen molar-refractivity contribution >= 4 is 56.0 Å². The summed E-state index contributed by atoms with van der Waals surface area (Å²) in [5.41, 5.74) is 2.58. The van der Waals surface area contributed by atoms with Gasteiger partial charge in [0.2, 0.25) is 5.91 Å². The van der Waals surface area contributed by atoms with Crippen LogP contribution in [0.15, 0.2) is 76.2 Å². The summed E-state index contributed by atoms with van der Waals surface area (Å²) >= 11 is 4.62. The van der Waals surface area contributed by atoms with Gasteiger partial charge in [0.15, 0.2) is 11.6 Å². The number of benzene rings is 3. The molecule has 0 fully saturated rings. The molecule has 1 aromatic heterocycles. The molecule has 0 bridgehead atoms. The number of carbonyl (C=O) groups excluding carboxylic acids is 2. The molecular weight excluding hydrogens is 493 g/mol. The monoisotopic (exact) mass is 509 g/mol. The summed E-state index contributed by atoms with van der Waals surface area (Å²) in [5.74, 6) is -0.0906. The number of carbonyl (C=O) groups is 2. The molecule has 1 N–H and O–H groups in total. The number of anilines is 1. The molecule has 1 amide bonds. The summed E-state index contributed by atoms with van der Waals surface area (Å²) in [6.07, 6.45) is 0. The highest BCUT2D eigenvalue weighted by Gasteiger charge is 2.13. The predicted molar refractivity (Wildman–Crippen MR) is 128 cm³/mol. The van der Waals surface area contributed by atoms with E-state index in [0.29, 0.717) is 33.0 Å². The zero-order chi connectivity index (χ0) is 22.7. The number of nitrogens with zero attached hydrogens (tertiary/aromatic N) is 2. The average molecular weight is 510 g/mol. The summed E-state index contributed by atoms with van der Waals surface area (Å²) in [4.78, 5) is 33.0. The highest BCUT2D eigenvalue weighted by molar-refractivity contribution is 9.10. The van der Waals surface area contributed by atoms with Crippen LogP contribution in [0, 0.1) is 5.82 Å². The number of amides is 1. The Hall–Kier alpha value is -3.10. The molecule has 1 heterocycles. The van der Waals surface area contributed by atoms with Gasteiger partial charge >= 0.3 is 0 Å². The number of aromatic nitrogens is 2. The van der Waals surface area contributed by atoms with Crippen molar-refractivity contribution in [1.82, 2.24) is 9.97 Å². The Labute approximate surface area is 196 Å². The van der Waals surface area contributed by atoms with E-state index < -0.39 is 5.82 Å². The Balaban J connectivity index is 1.57. The smallest absolute Gasteiger partial charge is 0.234 e. The summed E-state index contributed by atoms with van der Waals surface area (Å²) in [7, 11) is 0. The van der Waals surface area contributed by atoms with Crippen molar-refractivity contribution in [2.45, 2.75) is 11.9 Å². The minimum Gasteiger partial charge on any atom is -0.325 e. The number of thioether (sulfide) groups is 1. The first-order chi connectivity index (χ1) is 15.4. The third-order valence-electron chi connectivity index (χ3n) is 4.64. The lowest BCUT2D eigenvalue weighted by Crippen LogP contribution is -2.14. The van der Waals surface area contributed by atoms with E-state index in [-0.39, 0.29) is 17.4 Å². The Morgan fingerprint density at radius 3 is 2.41 bits per heavy atom. The Bertz CT molecular complexity index is 1310. The van der Waals surface area contributed by atoms with Gasteiger partial charge in [-0.15, -0.1) is 0 Å². The van der Waals surface area contributed by atoms with Gasteiger partial charge in [0, 0.05) is 26.7 Å². The van der Waals surface area contributed by atoms with E-state index in [1.165, 1.54) is 30.8 Å². The number of nitrogens with one attached hydrogen (secondary N) is 1. The molecule has 0 aliphatic carbocycles. The van der Waals surface area contributed by atoms with Gasteiger partial charge in [0.05, 0.1) is 11.3 Å². The van der Waals surface area contributed by atoms with Crippen molar-refractivity contribution in [1.29, 1.82) is 0 Å². The summed E-state index contributed by atoms with van der Waals surface area (Å²) in [6, 6.07) is 18.6. The quantitative estimate of drug-likeness (QED) is 0.192. The second kappa shape index (κ2) is 9.58. The maximum absolute atomic E-state index is 13.9. The van der Waals surface area contributed by atoms with E-state index in [0.717, 1.165) is 10.0 Å². The standard InChI is InChI=1S/C24H17BrFN3O2S/c1-14(30)15-4-9-19(10-5-15)27-22(31)13-32-24-20-12-18(26)8-11-21(20)28-23(29-24)16-2-6-17(25)7-3-16/h2-12H,13H2,1H3,(H,27,31). The summed E-state index contributed by atoms with van der Waals surface area (Å²) in [5, 5.41) is 3.87. The lowest BCUT2D eigenvalue weighted by molar-refractivity contribution is -0.113. The molecule has 3 aromatic carbocycles. The predicted octanol–water partition coefficient (Wildman–Crippen LogP) is 6.13. The Morgan fingerprint density at radius 2 is 1.72 bits per heavy atom. The lowest BCUT2D eigenvalue weighted by atomic mass is 10.1. The fourth-order valence-electron chi connectivity index (χ4n) is 3.03. The summed E-state index contributed by atoms with van der Waals surface area (Å²) in [6.45, 7) is 1.49. The van der Waals surface area contributed by atoms with Crippen LogP contribution in [0.25, 0.3) is 22.3 Å². The normalized spacial score (nSPS) is 10.8. The van der Waals surface area contributed by atoms with Gasteiger partial charge in [-0.25, -0.2) is 14.4 Å². The van der Waals surface area contributed by atoms with Crippen LogP contribution >= 0.6 is 27.7 Å².